The van der Waals surface area contributed by atoms with E-state index in [0.717, 1.165) is 39.3 Å². The van der Waals surface area contributed by atoms with Crippen LogP contribution in [-0.2, 0) is 0 Å². The first-order chi connectivity index (χ1) is 15.7. The number of aryl methyl sites for hydroxylation is 4. The Labute approximate surface area is 193 Å². The molecular weight excluding hydrogens is 414 g/mol. The molecule has 0 saturated carbocycles. The van der Waals surface area contributed by atoms with Gasteiger partial charge in [-0.15, -0.1) is 0 Å². The maximum Gasteiger partial charge on any atom is 0.171 e. The molecule has 5 nitrogen and oxygen atoms in total. The van der Waals surface area contributed by atoms with Gasteiger partial charge in [-0.2, -0.15) is 0 Å². The van der Waals surface area contributed by atoms with Crippen LogP contribution in [0.25, 0.3) is 0 Å². The molecule has 0 heterocycles. The topological polar surface area (TPSA) is 73.2 Å². The van der Waals surface area contributed by atoms with Gasteiger partial charge < -0.3 is 25.0 Å². The normalized spacial score (nSPS) is 10.8. The van der Waals surface area contributed by atoms with Gasteiger partial charge >= 0.3 is 0 Å². The van der Waals surface area contributed by atoms with E-state index < -0.39 is 0 Å². The van der Waals surface area contributed by atoms with Gasteiger partial charge in [0, 0.05) is 29.2 Å². The highest BCUT2D eigenvalue weighted by molar-refractivity contribution is 5.78. The third-order valence-corrected chi connectivity index (χ3v) is 5.62. The Balaban J connectivity index is 1.73. The highest BCUT2D eigenvalue weighted by atomic mass is 16.5. The third-order valence-electron chi connectivity index (χ3n) is 5.62. The zero-order valence-corrected chi connectivity index (χ0v) is 19.1. The van der Waals surface area contributed by atoms with Crippen LogP contribution in [0.5, 0.6) is 28.7 Å². The lowest BCUT2D eigenvalue weighted by atomic mass is 10.1. The number of ether oxygens (including phenoxy) is 1. The molecule has 0 radical (unpaired) electrons. The van der Waals surface area contributed by atoms with Crippen molar-refractivity contribution < 1.29 is 20.1 Å². The van der Waals surface area contributed by atoms with Crippen molar-refractivity contribution in [1.82, 2.24) is 0 Å². The van der Waals surface area contributed by atoms with Gasteiger partial charge in [-0.05, 0) is 92.4 Å². The summed E-state index contributed by atoms with van der Waals surface area (Å²) in [5, 5.41) is 30.9. The number of anilines is 3. The van der Waals surface area contributed by atoms with Crippen LogP contribution in [0.3, 0.4) is 0 Å². The van der Waals surface area contributed by atoms with Crippen molar-refractivity contribution in [3.63, 3.8) is 0 Å². The molecule has 0 aromatic heterocycles. The molecule has 4 aromatic carbocycles. The molecule has 0 saturated heterocycles. The average Bonchev–Trinajstić information content (AvgIpc) is 2.77. The van der Waals surface area contributed by atoms with Crippen LogP contribution >= 0.6 is 0 Å². The van der Waals surface area contributed by atoms with E-state index in [2.05, 4.69) is 0 Å². The van der Waals surface area contributed by atoms with E-state index in [0.29, 0.717) is 11.5 Å². The number of phenolic OH excluding ortho intramolecular Hbond substituents is 3. The molecule has 0 aliphatic rings. The Bertz CT molecular complexity index is 1240. The largest absolute Gasteiger partial charge is 0.508 e. The van der Waals surface area contributed by atoms with Gasteiger partial charge in [0.05, 0.1) is 0 Å². The van der Waals surface area contributed by atoms with Gasteiger partial charge in [0.15, 0.2) is 11.5 Å². The summed E-state index contributed by atoms with van der Waals surface area (Å²) < 4.78 is 5.96. The predicted octanol–water partition coefficient (Wildman–Crippen LogP) is 7.30. The number of benzene rings is 4. The minimum absolute atomic E-state index is 0.100. The summed E-state index contributed by atoms with van der Waals surface area (Å²) in [6, 6.07) is 22.0. The number of hydrogen-bond acceptors (Lipinski definition) is 5. The summed E-state index contributed by atoms with van der Waals surface area (Å²) in [4.78, 5) is 1.94. The van der Waals surface area contributed by atoms with Crippen LogP contribution in [0, 0.1) is 27.7 Å². The molecule has 4 aromatic rings. The summed E-state index contributed by atoms with van der Waals surface area (Å²) in [6.45, 7) is 7.50. The molecule has 5 heteroatoms. The molecule has 0 amide bonds. The summed E-state index contributed by atoms with van der Waals surface area (Å²) in [7, 11) is 0. The summed E-state index contributed by atoms with van der Waals surface area (Å²) in [5.41, 5.74) is 5.70. The van der Waals surface area contributed by atoms with Crippen molar-refractivity contribution in [1.29, 1.82) is 0 Å². The number of phenols is 3. The fraction of sp³-hybridized carbons (Fsp3) is 0.143. The molecule has 3 N–H and O–H groups in total. The zero-order valence-electron chi connectivity index (χ0n) is 19.1. The minimum atomic E-state index is 0.100. The standard InChI is InChI=1S/C28H27NO4/c1-17-13-20(4)28(27(32)14-17)33-24-11-9-21(10-12-24)29(22-7-5-18(2)25(30)15-22)23-8-6-19(3)26(31)16-23/h5-16,30-32H,1-4H3. The van der Waals surface area contributed by atoms with Crippen molar-refractivity contribution in [2.24, 2.45) is 0 Å². The summed E-state index contributed by atoms with van der Waals surface area (Å²) in [5.74, 6) is 1.50. The van der Waals surface area contributed by atoms with Gasteiger partial charge in [0.25, 0.3) is 0 Å². The van der Waals surface area contributed by atoms with E-state index in [9.17, 15) is 15.3 Å². The fourth-order valence-corrected chi connectivity index (χ4v) is 3.77. The van der Waals surface area contributed by atoms with Crippen LogP contribution in [0.4, 0.5) is 17.1 Å². The van der Waals surface area contributed by atoms with E-state index in [1.54, 1.807) is 18.2 Å². The van der Waals surface area contributed by atoms with Crippen LogP contribution in [0.1, 0.15) is 22.3 Å². The van der Waals surface area contributed by atoms with Crippen molar-refractivity contribution in [2.45, 2.75) is 27.7 Å². The SMILES string of the molecule is Cc1cc(C)c(Oc2ccc(N(c3ccc(C)c(O)c3)c3ccc(C)c(O)c3)cc2)c(O)c1. The molecule has 0 spiro atoms. The Morgan fingerprint density at radius 1 is 0.545 bits per heavy atom. The Morgan fingerprint density at radius 2 is 1.06 bits per heavy atom. The zero-order chi connectivity index (χ0) is 23.7. The molecule has 0 aliphatic heterocycles. The van der Waals surface area contributed by atoms with E-state index in [1.807, 2.05) is 87.2 Å². The second kappa shape index (κ2) is 8.79. The van der Waals surface area contributed by atoms with E-state index >= 15 is 0 Å². The Kier molecular flexibility index (Phi) is 5.88. The van der Waals surface area contributed by atoms with Gasteiger partial charge in [-0.25, -0.2) is 0 Å². The first-order valence-corrected chi connectivity index (χ1v) is 10.7. The summed E-state index contributed by atoms with van der Waals surface area (Å²) in [6.07, 6.45) is 0. The molecule has 0 unspecified atom stereocenters. The lowest BCUT2D eigenvalue weighted by Gasteiger charge is -2.26. The molecule has 33 heavy (non-hydrogen) atoms. The average molecular weight is 442 g/mol. The smallest absolute Gasteiger partial charge is 0.171 e. The molecule has 4 rings (SSSR count). The molecule has 168 valence electrons. The van der Waals surface area contributed by atoms with Crippen molar-refractivity contribution >= 4 is 17.1 Å². The van der Waals surface area contributed by atoms with Crippen molar-refractivity contribution in [3.05, 3.63) is 95.1 Å². The highest BCUT2D eigenvalue weighted by Gasteiger charge is 2.16. The molecule has 0 fully saturated rings. The van der Waals surface area contributed by atoms with Gasteiger partial charge in [0.1, 0.15) is 17.2 Å². The van der Waals surface area contributed by atoms with Crippen molar-refractivity contribution in [2.75, 3.05) is 4.90 Å². The molecule has 0 atom stereocenters. The minimum Gasteiger partial charge on any atom is -0.508 e. The van der Waals surface area contributed by atoms with E-state index in [4.69, 9.17) is 4.74 Å². The van der Waals surface area contributed by atoms with Gasteiger partial charge in [-0.1, -0.05) is 18.2 Å². The first-order valence-electron chi connectivity index (χ1n) is 10.7. The maximum atomic E-state index is 10.3. The second-order valence-corrected chi connectivity index (χ2v) is 8.30. The van der Waals surface area contributed by atoms with Gasteiger partial charge in [-0.3, -0.25) is 0 Å². The third kappa shape index (κ3) is 4.58. The number of nitrogens with zero attached hydrogens (tertiary/aromatic N) is 1. The maximum absolute atomic E-state index is 10.3. The van der Waals surface area contributed by atoms with Gasteiger partial charge in [0.2, 0.25) is 0 Å². The summed E-state index contributed by atoms with van der Waals surface area (Å²) >= 11 is 0. The predicted molar refractivity (Wildman–Crippen MR) is 132 cm³/mol. The highest BCUT2D eigenvalue weighted by Crippen LogP contribution is 2.40. The van der Waals surface area contributed by atoms with Crippen LogP contribution < -0.4 is 9.64 Å². The lowest BCUT2D eigenvalue weighted by molar-refractivity contribution is 0.408. The molecule has 0 bridgehead atoms. The van der Waals surface area contributed by atoms with Crippen LogP contribution in [-0.4, -0.2) is 15.3 Å². The first kappa shape index (κ1) is 22.1. The Morgan fingerprint density at radius 3 is 1.55 bits per heavy atom. The quantitative estimate of drug-likeness (QED) is 0.303. The lowest BCUT2D eigenvalue weighted by Crippen LogP contribution is -2.10. The van der Waals surface area contributed by atoms with Crippen molar-refractivity contribution in [3.8, 4) is 28.7 Å². The number of hydrogen-bond donors (Lipinski definition) is 3. The molecule has 0 aliphatic carbocycles. The fourth-order valence-electron chi connectivity index (χ4n) is 3.77. The number of rotatable bonds is 5. The van der Waals surface area contributed by atoms with E-state index in [-0.39, 0.29) is 17.2 Å². The monoisotopic (exact) mass is 441 g/mol. The molecular formula is C28H27NO4. The van der Waals surface area contributed by atoms with E-state index in [1.165, 1.54) is 0 Å². The van der Waals surface area contributed by atoms with Crippen LogP contribution in [0.2, 0.25) is 0 Å². The Hall–Kier alpha value is -4.12. The second-order valence-electron chi connectivity index (χ2n) is 8.30. The van der Waals surface area contributed by atoms with Crippen LogP contribution in [0.15, 0.2) is 72.8 Å². The number of aromatic hydroxyl groups is 3.